The molecule has 1 aliphatic rings. The molecule has 1 aromatic rings. The Bertz CT molecular complexity index is 685. The van der Waals surface area contributed by atoms with Crippen molar-refractivity contribution in [3.05, 3.63) is 33.1 Å². The SMILES string of the molecule is COP(=O)(O)OC[C@H]1O[C@@H](n2ccc(=O)[nH]c2=O)[C@H](O)[C@@H]1O. The molecule has 0 bridgehead atoms. The summed E-state index contributed by atoms with van der Waals surface area (Å²) in [5.41, 5.74) is -1.47. The van der Waals surface area contributed by atoms with Crippen molar-refractivity contribution >= 4 is 7.82 Å². The van der Waals surface area contributed by atoms with Crippen molar-refractivity contribution in [1.82, 2.24) is 9.55 Å². The van der Waals surface area contributed by atoms with Crippen LogP contribution in [0.1, 0.15) is 6.23 Å². The molecular formula is C10H15N2O9P. The number of aromatic amines is 1. The largest absolute Gasteiger partial charge is 0.472 e. The summed E-state index contributed by atoms with van der Waals surface area (Å²) in [4.78, 5) is 33.7. The molecule has 2 rings (SSSR count). The summed E-state index contributed by atoms with van der Waals surface area (Å²) >= 11 is 0. The van der Waals surface area contributed by atoms with Crippen LogP contribution in [0.15, 0.2) is 21.9 Å². The molecule has 5 atom stereocenters. The number of phosphoric acid groups is 1. The molecule has 1 aliphatic heterocycles. The van der Waals surface area contributed by atoms with Gasteiger partial charge in [0.2, 0.25) is 0 Å². The first kappa shape index (κ1) is 17.0. The van der Waals surface area contributed by atoms with Gasteiger partial charge in [0.1, 0.15) is 18.3 Å². The van der Waals surface area contributed by atoms with E-state index < -0.39 is 50.2 Å². The van der Waals surface area contributed by atoms with Crippen molar-refractivity contribution in [2.24, 2.45) is 0 Å². The molecule has 0 radical (unpaired) electrons. The van der Waals surface area contributed by atoms with Crippen LogP contribution in [-0.2, 0) is 18.3 Å². The second-order valence-electron chi connectivity index (χ2n) is 4.51. The predicted octanol–water partition coefficient (Wildman–Crippen LogP) is -2.08. The van der Waals surface area contributed by atoms with Gasteiger partial charge in [-0.3, -0.25) is 23.4 Å². The van der Waals surface area contributed by atoms with Crippen molar-refractivity contribution in [2.75, 3.05) is 13.7 Å². The lowest BCUT2D eigenvalue weighted by atomic mass is 10.1. The Kier molecular flexibility index (Phi) is 4.97. The summed E-state index contributed by atoms with van der Waals surface area (Å²) in [6, 6.07) is 1.04. The van der Waals surface area contributed by atoms with Crippen molar-refractivity contribution < 1.29 is 33.5 Å². The third-order valence-corrected chi connectivity index (χ3v) is 4.03. The second-order valence-corrected chi connectivity index (χ2v) is 6.07. The number of phosphoric ester groups is 1. The molecule has 1 saturated heterocycles. The van der Waals surface area contributed by atoms with Gasteiger partial charge in [-0.25, -0.2) is 9.36 Å². The van der Waals surface area contributed by atoms with E-state index in [1.54, 1.807) is 0 Å². The minimum absolute atomic E-state index is 0.547. The fraction of sp³-hybridized carbons (Fsp3) is 0.600. The van der Waals surface area contributed by atoms with E-state index >= 15 is 0 Å². The van der Waals surface area contributed by atoms with E-state index in [9.17, 15) is 24.4 Å². The number of aliphatic hydroxyl groups excluding tert-OH is 2. The predicted molar refractivity (Wildman–Crippen MR) is 70.0 cm³/mol. The summed E-state index contributed by atoms with van der Waals surface area (Å²) in [5.74, 6) is 0. The van der Waals surface area contributed by atoms with E-state index in [4.69, 9.17) is 9.63 Å². The molecule has 2 heterocycles. The molecule has 1 unspecified atom stereocenters. The molecule has 4 N–H and O–H groups in total. The number of aliphatic hydroxyl groups is 2. The lowest BCUT2D eigenvalue weighted by Crippen LogP contribution is -2.37. The molecule has 1 aromatic heterocycles. The van der Waals surface area contributed by atoms with Crippen LogP contribution >= 0.6 is 7.82 Å². The first-order chi connectivity index (χ1) is 10.2. The van der Waals surface area contributed by atoms with Crippen LogP contribution in [0.4, 0.5) is 0 Å². The summed E-state index contributed by atoms with van der Waals surface area (Å²) in [5, 5.41) is 19.8. The molecule has 22 heavy (non-hydrogen) atoms. The summed E-state index contributed by atoms with van der Waals surface area (Å²) in [6.07, 6.45) is -4.33. The molecule has 0 saturated carbocycles. The van der Waals surface area contributed by atoms with Gasteiger partial charge in [-0.2, -0.15) is 0 Å². The van der Waals surface area contributed by atoms with Crippen LogP contribution in [0.25, 0.3) is 0 Å². The topological polar surface area (TPSA) is 160 Å². The first-order valence-corrected chi connectivity index (χ1v) is 7.61. The fourth-order valence-electron chi connectivity index (χ4n) is 1.94. The van der Waals surface area contributed by atoms with Gasteiger partial charge in [0.15, 0.2) is 6.23 Å². The average Bonchev–Trinajstić information content (AvgIpc) is 2.73. The molecule has 1 fully saturated rings. The van der Waals surface area contributed by atoms with Gasteiger partial charge in [0.05, 0.1) is 6.61 Å². The Morgan fingerprint density at radius 3 is 2.68 bits per heavy atom. The van der Waals surface area contributed by atoms with Crippen LogP contribution < -0.4 is 11.2 Å². The quantitative estimate of drug-likeness (QED) is 0.442. The van der Waals surface area contributed by atoms with E-state index in [2.05, 4.69) is 9.05 Å². The van der Waals surface area contributed by atoms with Crippen molar-refractivity contribution in [3.8, 4) is 0 Å². The van der Waals surface area contributed by atoms with E-state index in [1.165, 1.54) is 0 Å². The minimum atomic E-state index is -4.27. The third-order valence-electron chi connectivity index (χ3n) is 3.10. The molecule has 12 heteroatoms. The normalized spacial score (nSPS) is 31.1. The zero-order valence-electron chi connectivity index (χ0n) is 11.4. The van der Waals surface area contributed by atoms with Crippen molar-refractivity contribution in [2.45, 2.75) is 24.5 Å². The van der Waals surface area contributed by atoms with Gasteiger partial charge in [-0.15, -0.1) is 0 Å². The van der Waals surface area contributed by atoms with E-state index in [0.29, 0.717) is 0 Å². The highest BCUT2D eigenvalue weighted by atomic mass is 31.2. The van der Waals surface area contributed by atoms with Crippen LogP contribution in [0.2, 0.25) is 0 Å². The second kappa shape index (κ2) is 6.42. The number of ether oxygens (including phenoxy) is 1. The first-order valence-electron chi connectivity index (χ1n) is 6.11. The highest BCUT2D eigenvalue weighted by Crippen LogP contribution is 2.43. The van der Waals surface area contributed by atoms with Crippen molar-refractivity contribution in [1.29, 1.82) is 0 Å². The number of nitrogens with zero attached hydrogens (tertiary/aromatic N) is 1. The Morgan fingerprint density at radius 2 is 2.09 bits per heavy atom. The molecule has 0 spiro atoms. The van der Waals surface area contributed by atoms with Crippen LogP contribution in [0, 0.1) is 0 Å². The lowest BCUT2D eigenvalue weighted by molar-refractivity contribution is -0.0547. The zero-order chi connectivity index (χ0) is 16.5. The van der Waals surface area contributed by atoms with Crippen LogP contribution in [0.3, 0.4) is 0 Å². The lowest BCUT2D eigenvalue weighted by Gasteiger charge is -2.17. The number of aromatic nitrogens is 2. The molecule has 0 amide bonds. The van der Waals surface area contributed by atoms with Gasteiger partial charge < -0.3 is 19.8 Å². The minimum Gasteiger partial charge on any atom is -0.387 e. The monoisotopic (exact) mass is 338 g/mol. The zero-order valence-corrected chi connectivity index (χ0v) is 12.3. The smallest absolute Gasteiger partial charge is 0.387 e. The maximum Gasteiger partial charge on any atom is 0.472 e. The van der Waals surface area contributed by atoms with Crippen LogP contribution in [0.5, 0.6) is 0 Å². The highest BCUT2D eigenvalue weighted by Gasteiger charge is 2.45. The molecule has 11 nitrogen and oxygen atoms in total. The Hall–Kier alpha value is -1.33. The highest BCUT2D eigenvalue weighted by molar-refractivity contribution is 7.47. The van der Waals surface area contributed by atoms with Gasteiger partial charge in [-0.1, -0.05) is 0 Å². The van der Waals surface area contributed by atoms with E-state index in [-0.39, 0.29) is 0 Å². The molecule has 0 aromatic carbocycles. The number of hydrogen-bond donors (Lipinski definition) is 4. The third kappa shape index (κ3) is 3.52. The fourth-order valence-corrected chi connectivity index (χ4v) is 2.39. The maximum absolute atomic E-state index is 11.6. The van der Waals surface area contributed by atoms with E-state index in [0.717, 1.165) is 23.9 Å². The summed E-state index contributed by atoms with van der Waals surface area (Å²) < 4.78 is 26.1. The Morgan fingerprint density at radius 1 is 1.41 bits per heavy atom. The van der Waals surface area contributed by atoms with Gasteiger partial charge in [0, 0.05) is 19.4 Å². The Labute approximate surface area is 123 Å². The van der Waals surface area contributed by atoms with Gasteiger partial charge in [0.25, 0.3) is 5.56 Å². The standard InChI is InChI=1S/C10H15N2O9P/c1-19-22(17,18)20-4-5-7(14)8(15)9(21-5)12-3-2-6(13)11-10(12)16/h2-3,5,7-9,14-15H,4H2,1H3,(H,17,18)(H,11,13,16)/t5-,7-,8-,9-/m1/s1. The molecular weight excluding hydrogens is 323 g/mol. The van der Waals surface area contributed by atoms with Crippen LogP contribution in [-0.4, -0.2) is 56.7 Å². The summed E-state index contributed by atoms with van der Waals surface area (Å²) in [7, 11) is -3.31. The number of H-pyrrole nitrogens is 1. The average molecular weight is 338 g/mol. The maximum atomic E-state index is 11.6. The number of hydrogen-bond acceptors (Lipinski definition) is 8. The number of rotatable bonds is 5. The van der Waals surface area contributed by atoms with Crippen molar-refractivity contribution in [3.63, 3.8) is 0 Å². The summed E-state index contributed by atoms with van der Waals surface area (Å²) in [6.45, 7) is -0.547. The van der Waals surface area contributed by atoms with Gasteiger partial charge >= 0.3 is 13.5 Å². The van der Waals surface area contributed by atoms with Gasteiger partial charge in [-0.05, 0) is 0 Å². The molecule has 124 valence electrons. The Balaban J connectivity index is 2.15. The van der Waals surface area contributed by atoms with E-state index in [1.807, 2.05) is 4.98 Å². The number of nitrogens with one attached hydrogen (secondary N) is 1. The molecule has 0 aliphatic carbocycles.